The summed E-state index contributed by atoms with van der Waals surface area (Å²) in [4.78, 5) is 11.0. The van der Waals surface area contributed by atoms with Gasteiger partial charge in [-0.3, -0.25) is 0 Å². The van der Waals surface area contributed by atoms with Crippen molar-refractivity contribution in [2.24, 2.45) is 0 Å². The monoisotopic (exact) mass is 298 g/mol. The van der Waals surface area contributed by atoms with E-state index in [1.807, 2.05) is 0 Å². The van der Waals surface area contributed by atoms with Crippen LogP contribution in [-0.4, -0.2) is 41.5 Å². The number of aromatic carboxylic acids is 1. The van der Waals surface area contributed by atoms with Crippen molar-refractivity contribution in [3.63, 3.8) is 0 Å². The molecule has 0 atom stereocenters. The summed E-state index contributed by atoms with van der Waals surface area (Å²) in [5.41, 5.74) is -0.0526. The number of sulfonamides is 1. The summed E-state index contributed by atoms with van der Waals surface area (Å²) < 4.78 is 27.4. The molecule has 0 amide bonds. The molecule has 0 aromatic carbocycles. The molecule has 6 nitrogen and oxygen atoms in total. The number of carboxylic acids is 1. The maximum atomic E-state index is 12.4. The van der Waals surface area contributed by atoms with Crippen LogP contribution in [0.2, 0.25) is 0 Å². The van der Waals surface area contributed by atoms with Gasteiger partial charge in [0.2, 0.25) is 10.0 Å². The van der Waals surface area contributed by atoms with Crippen LogP contribution in [-0.2, 0) is 16.6 Å². The van der Waals surface area contributed by atoms with Gasteiger partial charge in [-0.25, -0.2) is 13.2 Å². The van der Waals surface area contributed by atoms with Crippen LogP contribution in [0.3, 0.4) is 0 Å². The fraction of sp³-hybridized carbons (Fsp3) is 0.308. The van der Waals surface area contributed by atoms with Gasteiger partial charge in [0.25, 0.3) is 0 Å². The van der Waals surface area contributed by atoms with Crippen LogP contribution in [0.1, 0.15) is 17.4 Å². The Labute approximate surface area is 118 Å². The van der Waals surface area contributed by atoms with E-state index >= 15 is 0 Å². The van der Waals surface area contributed by atoms with E-state index in [1.165, 1.54) is 33.3 Å². The Morgan fingerprint density at radius 2 is 1.95 bits per heavy atom. The van der Waals surface area contributed by atoms with Crippen LogP contribution in [0, 0.1) is 0 Å². The zero-order chi connectivity index (χ0) is 15.3. The number of rotatable bonds is 8. The Hall–Kier alpha value is -1.86. The minimum Gasteiger partial charge on any atom is -0.477 e. The third-order valence-corrected chi connectivity index (χ3v) is 4.53. The summed E-state index contributed by atoms with van der Waals surface area (Å²) in [6, 6.07) is 1.17. The molecule has 0 fully saturated rings. The van der Waals surface area contributed by atoms with Crippen molar-refractivity contribution >= 4 is 16.0 Å². The highest BCUT2D eigenvalue weighted by Gasteiger charge is 2.26. The summed E-state index contributed by atoms with van der Waals surface area (Å²) in [6.07, 6.45) is 4.27. The van der Waals surface area contributed by atoms with Crippen molar-refractivity contribution in [3.8, 4) is 0 Å². The molecule has 0 saturated carbocycles. The van der Waals surface area contributed by atoms with E-state index in [-0.39, 0.29) is 23.7 Å². The lowest BCUT2D eigenvalue weighted by atomic mass is 10.4. The predicted molar refractivity (Wildman–Crippen MR) is 76.2 cm³/mol. The van der Waals surface area contributed by atoms with Gasteiger partial charge in [-0.1, -0.05) is 12.2 Å². The molecule has 1 N–H and O–H groups in total. The second kappa shape index (κ2) is 6.53. The quantitative estimate of drug-likeness (QED) is 0.739. The van der Waals surface area contributed by atoms with Gasteiger partial charge in [0.1, 0.15) is 10.6 Å². The molecule has 1 heterocycles. The Bertz CT molecular complexity index is 606. The molecule has 110 valence electrons. The first-order chi connectivity index (χ1) is 9.38. The topological polar surface area (TPSA) is 79.6 Å². The SMILES string of the molecule is C=CCN(CC=C)S(=O)(=O)c1cc(C(=O)O)n(CC)c1. The van der Waals surface area contributed by atoms with E-state index in [2.05, 4.69) is 13.2 Å². The van der Waals surface area contributed by atoms with Gasteiger partial charge in [-0.15, -0.1) is 13.2 Å². The summed E-state index contributed by atoms with van der Waals surface area (Å²) in [5, 5.41) is 9.06. The summed E-state index contributed by atoms with van der Waals surface area (Å²) in [7, 11) is -3.76. The average Bonchev–Trinajstić information content (AvgIpc) is 2.83. The van der Waals surface area contributed by atoms with Crippen molar-refractivity contribution in [2.45, 2.75) is 18.4 Å². The van der Waals surface area contributed by atoms with Crippen LogP contribution in [0.5, 0.6) is 0 Å². The van der Waals surface area contributed by atoms with Gasteiger partial charge in [0.05, 0.1) is 0 Å². The number of carbonyl (C=O) groups is 1. The van der Waals surface area contributed by atoms with Crippen molar-refractivity contribution in [1.29, 1.82) is 0 Å². The predicted octanol–water partition coefficient (Wildman–Crippen LogP) is 1.57. The minimum absolute atomic E-state index is 0.0412. The fourth-order valence-electron chi connectivity index (χ4n) is 1.77. The van der Waals surface area contributed by atoms with Gasteiger partial charge in [0, 0.05) is 25.8 Å². The minimum atomic E-state index is -3.76. The van der Waals surface area contributed by atoms with Crippen LogP contribution < -0.4 is 0 Å². The first kappa shape index (κ1) is 16.2. The van der Waals surface area contributed by atoms with Crippen molar-refractivity contribution in [3.05, 3.63) is 43.3 Å². The average molecular weight is 298 g/mol. The molecular formula is C13H18N2O4S. The third-order valence-electron chi connectivity index (χ3n) is 2.73. The first-order valence-corrected chi connectivity index (χ1v) is 7.47. The smallest absolute Gasteiger partial charge is 0.352 e. The summed E-state index contributed by atoms with van der Waals surface area (Å²) in [6.45, 7) is 9.42. The van der Waals surface area contributed by atoms with Gasteiger partial charge in [-0.2, -0.15) is 4.31 Å². The van der Waals surface area contributed by atoms with Crippen LogP contribution in [0.25, 0.3) is 0 Å². The molecule has 0 radical (unpaired) electrons. The Balaban J connectivity index is 3.30. The normalized spacial score (nSPS) is 11.5. The molecule has 7 heteroatoms. The molecule has 1 aromatic heterocycles. The first-order valence-electron chi connectivity index (χ1n) is 6.03. The zero-order valence-electron chi connectivity index (χ0n) is 11.3. The number of nitrogens with zero attached hydrogens (tertiary/aromatic N) is 2. The van der Waals surface area contributed by atoms with E-state index in [4.69, 9.17) is 5.11 Å². The number of hydrogen-bond donors (Lipinski definition) is 1. The van der Waals surface area contributed by atoms with Crippen molar-refractivity contribution in [2.75, 3.05) is 13.1 Å². The van der Waals surface area contributed by atoms with Crippen molar-refractivity contribution in [1.82, 2.24) is 8.87 Å². The van der Waals surface area contributed by atoms with E-state index in [0.717, 1.165) is 0 Å². The molecule has 20 heavy (non-hydrogen) atoms. The van der Waals surface area contributed by atoms with E-state index in [1.54, 1.807) is 6.92 Å². The van der Waals surface area contributed by atoms with E-state index in [0.29, 0.717) is 6.54 Å². The van der Waals surface area contributed by atoms with Gasteiger partial charge in [-0.05, 0) is 13.0 Å². The number of aromatic nitrogens is 1. The molecule has 1 rings (SSSR count). The Morgan fingerprint density at radius 1 is 1.40 bits per heavy atom. The Kier molecular flexibility index (Phi) is 5.29. The van der Waals surface area contributed by atoms with Gasteiger partial charge < -0.3 is 9.67 Å². The molecule has 0 saturated heterocycles. The van der Waals surface area contributed by atoms with E-state index in [9.17, 15) is 13.2 Å². The molecule has 0 spiro atoms. The molecule has 0 bridgehead atoms. The highest BCUT2D eigenvalue weighted by molar-refractivity contribution is 7.89. The maximum Gasteiger partial charge on any atom is 0.352 e. The van der Waals surface area contributed by atoms with E-state index < -0.39 is 16.0 Å². The number of carboxylic acid groups (broad SMARTS) is 1. The molecule has 1 aromatic rings. The van der Waals surface area contributed by atoms with Crippen LogP contribution >= 0.6 is 0 Å². The van der Waals surface area contributed by atoms with Crippen LogP contribution in [0.4, 0.5) is 0 Å². The van der Waals surface area contributed by atoms with Crippen LogP contribution in [0.15, 0.2) is 42.5 Å². The highest BCUT2D eigenvalue weighted by Crippen LogP contribution is 2.19. The number of hydrogen-bond acceptors (Lipinski definition) is 3. The highest BCUT2D eigenvalue weighted by atomic mass is 32.2. The molecule has 0 aliphatic heterocycles. The second-order valence-corrected chi connectivity index (χ2v) is 5.99. The van der Waals surface area contributed by atoms with Gasteiger partial charge >= 0.3 is 5.97 Å². The maximum absolute atomic E-state index is 12.4. The largest absolute Gasteiger partial charge is 0.477 e. The Morgan fingerprint density at radius 3 is 2.30 bits per heavy atom. The lowest BCUT2D eigenvalue weighted by Crippen LogP contribution is -2.31. The summed E-state index contributed by atoms with van der Waals surface area (Å²) >= 11 is 0. The third kappa shape index (κ3) is 3.17. The second-order valence-electron chi connectivity index (χ2n) is 4.05. The fourth-order valence-corrected chi connectivity index (χ4v) is 3.20. The van der Waals surface area contributed by atoms with Crippen molar-refractivity contribution < 1.29 is 18.3 Å². The van der Waals surface area contributed by atoms with Gasteiger partial charge in [0.15, 0.2) is 0 Å². The molecule has 0 aliphatic carbocycles. The molecule has 0 aliphatic rings. The number of aryl methyl sites for hydroxylation is 1. The molecular weight excluding hydrogens is 280 g/mol. The zero-order valence-corrected chi connectivity index (χ0v) is 12.1. The summed E-state index contributed by atoms with van der Waals surface area (Å²) in [5.74, 6) is -1.16. The molecule has 0 unspecified atom stereocenters. The lowest BCUT2D eigenvalue weighted by Gasteiger charge is -2.17. The lowest BCUT2D eigenvalue weighted by molar-refractivity contribution is 0.0685. The standard InChI is InChI=1S/C13H18N2O4S/c1-4-7-15(8-5-2)20(18,19)11-9-12(13(16)17)14(6-3)10-11/h4-5,9-10H,1-2,6-8H2,3H3,(H,16,17).